The van der Waals surface area contributed by atoms with Gasteiger partial charge in [0.2, 0.25) is 0 Å². The van der Waals surface area contributed by atoms with Crippen molar-refractivity contribution in [3.8, 4) is 0 Å². The Labute approximate surface area is 79.5 Å². The molecule has 0 aromatic carbocycles. The van der Waals surface area contributed by atoms with Crippen molar-refractivity contribution < 1.29 is 9.84 Å². The fraction of sp³-hybridized carbons (Fsp3) is 1.00. The van der Waals surface area contributed by atoms with Gasteiger partial charge in [-0.2, -0.15) is 0 Å². The predicted octanol–water partition coefficient (Wildman–Crippen LogP) is 0.527. The van der Waals surface area contributed by atoms with Gasteiger partial charge in [-0.15, -0.1) is 0 Å². The van der Waals surface area contributed by atoms with Crippen molar-refractivity contribution in [1.29, 1.82) is 0 Å². The molecular formula is C10H19NO2. The van der Waals surface area contributed by atoms with Gasteiger partial charge in [-0.05, 0) is 38.1 Å². The van der Waals surface area contributed by atoms with Gasteiger partial charge in [-0.1, -0.05) is 0 Å². The number of aliphatic hydroxyl groups is 1. The van der Waals surface area contributed by atoms with Crippen LogP contribution in [0, 0.1) is 5.92 Å². The van der Waals surface area contributed by atoms with Crippen LogP contribution >= 0.6 is 0 Å². The average Bonchev–Trinajstić information content (AvgIpc) is 2.97. The number of hydrogen-bond acceptors (Lipinski definition) is 3. The Morgan fingerprint density at radius 1 is 1.31 bits per heavy atom. The lowest BCUT2D eigenvalue weighted by atomic mass is 10.00. The van der Waals surface area contributed by atoms with Gasteiger partial charge in [0, 0.05) is 18.8 Å². The highest BCUT2D eigenvalue weighted by atomic mass is 16.5. The smallest absolute Gasteiger partial charge is 0.0613 e. The molecule has 2 N–H and O–H groups in total. The van der Waals surface area contributed by atoms with Crippen molar-refractivity contribution in [1.82, 2.24) is 5.32 Å². The van der Waals surface area contributed by atoms with Crippen LogP contribution in [0.15, 0.2) is 0 Å². The third-order valence-electron chi connectivity index (χ3n) is 3.26. The summed E-state index contributed by atoms with van der Waals surface area (Å²) in [5, 5.41) is 12.6. The van der Waals surface area contributed by atoms with Crippen molar-refractivity contribution >= 4 is 0 Å². The first-order chi connectivity index (χ1) is 6.35. The summed E-state index contributed by atoms with van der Waals surface area (Å²) in [7, 11) is 0. The van der Waals surface area contributed by atoms with Crippen LogP contribution in [0.3, 0.4) is 0 Å². The summed E-state index contributed by atoms with van der Waals surface area (Å²) in [5.41, 5.74) is 0.109. The van der Waals surface area contributed by atoms with Crippen LogP contribution in [0.2, 0.25) is 0 Å². The highest BCUT2D eigenvalue weighted by molar-refractivity contribution is 5.01. The first-order valence-electron chi connectivity index (χ1n) is 5.28. The molecule has 1 saturated heterocycles. The van der Waals surface area contributed by atoms with Crippen LogP contribution in [-0.2, 0) is 4.74 Å². The molecule has 13 heavy (non-hydrogen) atoms. The molecule has 0 unspecified atom stereocenters. The molecule has 1 aliphatic heterocycles. The molecule has 0 aromatic rings. The molecule has 1 aliphatic carbocycles. The number of ether oxygens (including phenoxy) is 1. The van der Waals surface area contributed by atoms with Crippen molar-refractivity contribution in [3.63, 3.8) is 0 Å². The summed E-state index contributed by atoms with van der Waals surface area (Å²) in [6, 6.07) is 0. The van der Waals surface area contributed by atoms with Gasteiger partial charge in [0.25, 0.3) is 0 Å². The molecule has 76 valence electrons. The molecule has 0 spiro atoms. The quantitative estimate of drug-likeness (QED) is 0.671. The summed E-state index contributed by atoms with van der Waals surface area (Å²) in [6.45, 7) is 3.19. The van der Waals surface area contributed by atoms with Crippen molar-refractivity contribution in [2.24, 2.45) is 5.92 Å². The van der Waals surface area contributed by atoms with E-state index in [2.05, 4.69) is 5.32 Å². The van der Waals surface area contributed by atoms with Crippen LogP contribution in [0.4, 0.5) is 0 Å². The Morgan fingerprint density at radius 3 is 2.54 bits per heavy atom. The molecular weight excluding hydrogens is 166 g/mol. The zero-order valence-electron chi connectivity index (χ0n) is 8.09. The molecule has 2 fully saturated rings. The Morgan fingerprint density at radius 2 is 2.00 bits per heavy atom. The van der Waals surface area contributed by atoms with Crippen LogP contribution < -0.4 is 5.32 Å². The third-order valence-corrected chi connectivity index (χ3v) is 3.26. The van der Waals surface area contributed by atoms with Crippen LogP contribution in [-0.4, -0.2) is 37.0 Å². The minimum Gasteiger partial charge on any atom is -0.394 e. The van der Waals surface area contributed by atoms with Crippen LogP contribution in [0.25, 0.3) is 0 Å². The normalized spacial score (nSPS) is 27.5. The second-order valence-electron chi connectivity index (χ2n) is 4.38. The largest absolute Gasteiger partial charge is 0.394 e. The van der Waals surface area contributed by atoms with E-state index in [1.165, 1.54) is 12.8 Å². The molecule has 2 aliphatic rings. The Hall–Kier alpha value is -0.120. The van der Waals surface area contributed by atoms with E-state index in [0.29, 0.717) is 6.61 Å². The monoisotopic (exact) mass is 185 g/mol. The van der Waals surface area contributed by atoms with E-state index in [9.17, 15) is 0 Å². The highest BCUT2D eigenvalue weighted by Crippen LogP contribution is 2.34. The standard InChI is InChI=1S/C10H19NO2/c12-8-10(3-4-10)11-7-9-1-5-13-6-2-9/h9,11-12H,1-8H2. The molecule has 0 atom stereocenters. The number of nitrogens with one attached hydrogen (secondary N) is 1. The highest BCUT2D eigenvalue weighted by Gasteiger charge is 2.41. The molecule has 0 bridgehead atoms. The molecule has 3 heteroatoms. The first kappa shape index (κ1) is 9.44. The molecule has 1 heterocycles. The van der Waals surface area contributed by atoms with Crippen LogP contribution in [0.5, 0.6) is 0 Å². The topological polar surface area (TPSA) is 41.5 Å². The Kier molecular flexibility index (Phi) is 2.86. The summed E-state index contributed by atoms with van der Waals surface area (Å²) >= 11 is 0. The van der Waals surface area contributed by atoms with Gasteiger partial charge in [0.1, 0.15) is 0 Å². The lowest BCUT2D eigenvalue weighted by Crippen LogP contribution is -2.39. The second kappa shape index (κ2) is 3.95. The van der Waals surface area contributed by atoms with Gasteiger partial charge in [-0.25, -0.2) is 0 Å². The minimum atomic E-state index is 0.109. The maximum atomic E-state index is 9.10. The fourth-order valence-electron chi connectivity index (χ4n) is 1.85. The Bertz CT molecular complexity index is 162. The summed E-state index contributed by atoms with van der Waals surface area (Å²) in [4.78, 5) is 0. The molecule has 0 radical (unpaired) electrons. The summed E-state index contributed by atoms with van der Waals surface area (Å²) in [6.07, 6.45) is 4.64. The Balaban J connectivity index is 1.66. The van der Waals surface area contributed by atoms with E-state index in [1.807, 2.05) is 0 Å². The van der Waals surface area contributed by atoms with Gasteiger partial charge >= 0.3 is 0 Å². The predicted molar refractivity (Wildman–Crippen MR) is 50.6 cm³/mol. The lowest BCUT2D eigenvalue weighted by molar-refractivity contribution is 0.0640. The molecule has 1 saturated carbocycles. The maximum absolute atomic E-state index is 9.10. The lowest BCUT2D eigenvalue weighted by Gasteiger charge is -2.24. The second-order valence-corrected chi connectivity index (χ2v) is 4.38. The van der Waals surface area contributed by atoms with Gasteiger partial charge < -0.3 is 15.2 Å². The van der Waals surface area contributed by atoms with E-state index >= 15 is 0 Å². The summed E-state index contributed by atoms with van der Waals surface area (Å²) in [5.74, 6) is 0.762. The summed E-state index contributed by atoms with van der Waals surface area (Å²) < 4.78 is 5.30. The van der Waals surface area contributed by atoms with E-state index in [-0.39, 0.29) is 5.54 Å². The third kappa shape index (κ3) is 2.42. The first-order valence-corrected chi connectivity index (χ1v) is 5.28. The van der Waals surface area contributed by atoms with Crippen molar-refractivity contribution in [3.05, 3.63) is 0 Å². The molecule has 0 aromatic heterocycles. The van der Waals surface area contributed by atoms with E-state index in [1.54, 1.807) is 0 Å². The minimum absolute atomic E-state index is 0.109. The molecule has 0 amide bonds. The number of hydrogen-bond donors (Lipinski definition) is 2. The zero-order valence-corrected chi connectivity index (χ0v) is 8.09. The maximum Gasteiger partial charge on any atom is 0.0613 e. The van der Waals surface area contributed by atoms with Crippen molar-refractivity contribution in [2.75, 3.05) is 26.4 Å². The molecule has 3 nitrogen and oxygen atoms in total. The zero-order chi connectivity index (χ0) is 9.15. The van der Waals surface area contributed by atoms with Gasteiger partial charge in [0.15, 0.2) is 0 Å². The molecule has 2 rings (SSSR count). The van der Waals surface area contributed by atoms with Crippen molar-refractivity contribution in [2.45, 2.75) is 31.2 Å². The number of aliphatic hydroxyl groups excluding tert-OH is 1. The average molecular weight is 185 g/mol. The van der Waals surface area contributed by atoms with Crippen LogP contribution in [0.1, 0.15) is 25.7 Å². The SMILES string of the molecule is OCC1(NCC2CCOCC2)CC1. The van der Waals surface area contributed by atoms with E-state index in [0.717, 1.165) is 38.5 Å². The van der Waals surface area contributed by atoms with Gasteiger partial charge in [0.05, 0.1) is 6.61 Å². The fourth-order valence-corrected chi connectivity index (χ4v) is 1.85. The number of rotatable bonds is 4. The van der Waals surface area contributed by atoms with E-state index in [4.69, 9.17) is 9.84 Å². The van der Waals surface area contributed by atoms with Gasteiger partial charge in [-0.3, -0.25) is 0 Å². The van der Waals surface area contributed by atoms with E-state index < -0.39 is 0 Å².